The number of benzene rings is 2. The van der Waals surface area contributed by atoms with Crippen LogP contribution < -0.4 is 5.56 Å². The van der Waals surface area contributed by atoms with Gasteiger partial charge in [0.05, 0.1) is 5.39 Å². The molecular formula is C24H22N2OS2. The Hall–Kier alpha value is -2.63. The molecule has 29 heavy (non-hydrogen) atoms. The average Bonchev–Trinajstić information content (AvgIpc) is 3.14. The van der Waals surface area contributed by atoms with Gasteiger partial charge in [0.1, 0.15) is 4.83 Å². The van der Waals surface area contributed by atoms with Gasteiger partial charge in [-0.05, 0) is 25.0 Å². The van der Waals surface area contributed by atoms with Crippen molar-refractivity contribution in [3.8, 4) is 11.1 Å². The number of fused-ring (bicyclic) bond motifs is 1. The maximum atomic E-state index is 13.4. The first-order chi connectivity index (χ1) is 14.1. The van der Waals surface area contributed by atoms with Gasteiger partial charge in [0, 0.05) is 23.2 Å². The molecule has 0 aliphatic rings. The zero-order chi connectivity index (χ0) is 20.4. The summed E-state index contributed by atoms with van der Waals surface area (Å²) in [4.78, 5) is 19.0. The number of allylic oxidation sites excluding steroid dienone is 1. The summed E-state index contributed by atoms with van der Waals surface area (Å²) in [6, 6.07) is 16.7. The molecule has 3 nitrogen and oxygen atoms in total. The van der Waals surface area contributed by atoms with Crippen molar-refractivity contribution < 1.29 is 0 Å². The highest BCUT2D eigenvalue weighted by atomic mass is 32.2. The zero-order valence-corrected chi connectivity index (χ0v) is 18.1. The summed E-state index contributed by atoms with van der Waals surface area (Å²) < 4.78 is 1.74. The SMILES string of the molecule is C=CCn1c(SCc2cccc(C)c2)nc2scc(-c3ccc(C)cc3)c2c1=O. The quantitative estimate of drug-likeness (QED) is 0.212. The highest BCUT2D eigenvalue weighted by Gasteiger charge is 2.17. The summed E-state index contributed by atoms with van der Waals surface area (Å²) in [5.74, 6) is 0.771. The van der Waals surface area contributed by atoms with Crippen LogP contribution in [0.3, 0.4) is 0 Å². The van der Waals surface area contributed by atoms with E-state index in [0.717, 1.165) is 26.9 Å². The average molecular weight is 419 g/mol. The summed E-state index contributed by atoms with van der Waals surface area (Å²) >= 11 is 3.12. The lowest BCUT2D eigenvalue weighted by molar-refractivity contribution is 0.673. The van der Waals surface area contributed by atoms with Crippen LogP contribution in [0.15, 0.2) is 76.5 Å². The highest BCUT2D eigenvalue weighted by Crippen LogP contribution is 2.33. The van der Waals surface area contributed by atoms with Crippen LogP contribution in [0.2, 0.25) is 0 Å². The fourth-order valence-electron chi connectivity index (χ4n) is 3.30. The molecule has 4 rings (SSSR count). The Morgan fingerprint density at radius 3 is 2.66 bits per heavy atom. The third-order valence-electron chi connectivity index (χ3n) is 4.78. The Morgan fingerprint density at radius 1 is 1.14 bits per heavy atom. The second-order valence-corrected chi connectivity index (χ2v) is 8.87. The van der Waals surface area contributed by atoms with Crippen LogP contribution in [0.5, 0.6) is 0 Å². The van der Waals surface area contributed by atoms with E-state index in [1.807, 2.05) is 5.38 Å². The van der Waals surface area contributed by atoms with Crippen molar-refractivity contribution in [3.63, 3.8) is 0 Å². The molecule has 0 amide bonds. The molecular weight excluding hydrogens is 396 g/mol. The normalized spacial score (nSPS) is 11.1. The molecule has 2 aromatic carbocycles. The number of hydrogen-bond acceptors (Lipinski definition) is 4. The van der Waals surface area contributed by atoms with Crippen molar-refractivity contribution in [2.24, 2.45) is 0 Å². The van der Waals surface area contributed by atoms with E-state index in [2.05, 4.69) is 69.0 Å². The van der Waals surface area contributed by atoms with E-state index in [-0.39, 0.29) is 5.56 Å². The van der Waals surface area contributed by atoms with Gasteiger partial charge in [-0.1, -0.05) is 77.5 Å². The Kier molecular flexibility index (Phi) is 5.69. The minimum absolute atomic E-state index is 0.00142. The maximum absolute atomic E-state index is 13.4. The molecule has 0 saturated carbocycles. The molecule has 0 N–H and O–H groups in total. The number of aryl methyl sites for hydroxylation is 2. The topological polar surface area (TPSA) is 34.9 Å². The van der Waals surface area contributed by atoms with Gasteiger partial charge in [0.2, 0.25) is 0 Å². The molecule has 0 radical (unpaired) electrons. The molecule has 0 unspecified atom stereocenters. The molecule has 0 saturated heterocycles. The molecule has 0 atom stereocenters. The van der Waals surface area contributed by atoms with Crippen molar-refractivity contribution >= 4 is 33.3 Å². The number of thioether (sulfide) groups is 1. The predicted molar refractivity (Wildman–Crippen MR) is 125 cm³/mol. The van der Waals surface area contributed by atoms with E-state index in [4.69, 9.17) is 4.98 Å². The van der Waals surface area contributed by atoms with Crippen LogP contribution in [0.1, 0.15) is 16.7 Å². The summed E-state index contributed by atoms with van der Waals surface area (Å²) in [6.45, 7) is 8.43. The van der Waals surface area contributed by atoms with Crippen molar-refractivity contribution in [1.29, 1.82) is 0 Å². The Labute approximate surface area is 178 Å². The maximum Gasteiger partial charge on any atom is 0.263 e. The number of nitrogens with zero attached hydrogens (tertiary/aromatic N) is 2. The Bertz CT molecular complexity index is 1240. The lowest BCUT2D eigenvalue weighted by Gasteiger charge is -2.11. The lowest BCUT2D eigenvalue weighted by Crippen LogP contribution is -2.22. The molecule has 2 heterocycles. The third kappa shape index (κ3) is 4.07. The van der Waals surface area contributed by atoms with Crippen LogP contribution in [0.25, 0.3) is 21.3 Å². The van der Waals surface area contributed by atoms with Gasteiger partial charge in [-0.25, -0.2) is 4.98 Å². The van der Waals surface area contributed by atoms with Crippen LogP contribution in [-0.2, 0) is 12.3 Å². The molecule has 0 aliphatic heterocycles. The Morgan fingerprint density at radius 2 is 1.93 bits per heavy atom. The second-order valence-electron chi connectivity index (χ2n) is 7.07. The van der Waals surface area contributed by atoms with E-state index < -0.39 is 0 Å². The summed E-state index contributed by atoms with van der Waals surface area (Å²) in [7, 11) is 0. The van der Waals surface area contributed by atoms with Crippen molar-refractivity contribution in [3.05, 3.63) is 93.6 Å². The minimum Gasteiger partial charge on any atom is -0.283 e. The Balaban J connectivity index is 1.77. The number of thiophene rings is 1. The fraction of sp³-hybridized carbons (Fsp3) is 0.167. The molecule has 0 bridgehead atoms. The molecule has 0 aliphatic carbocycles. The molecule has 4 aromatic rings. The van der Waals surface area contributed by atoms with Crippen molar-refractivity contribution in [1.82, 2.24) is 9.55 Å². The van der Waals surface area contributed by atoms with E-state index in [0.29, 0.717) is 11.9 Å². The molecule has 146 valence electrons. The number of aromatic nitrogens is 2. The van der Waals surface area contributed by atoms with Crippen LogP contribution in [0, 0.1) is 13.8 Å². The minimum atomic E-state index is -0.00142. The fourth-order valence-corrected chi connectivity index (χ4v) is 5.24. The van der Waals surface area contributed by atoms with E-state index in [1.165, 1.54) is 28.0 Å². The zero-order valence-electron chi connectivity index (χ0n) is 16.5. The highest BCUT2D eigenvalue weighted by molar-refractivity contribution is 7.98. The van der Waals surface area contributed by atoms with Crippen LogP contribution in [-0.4, -0.2) is 9.55 Å². The van der Waals surface area contributed by atoms with Crippen LogP contribution in [0.4, 0.5) is 0 Å². The second kappa shape index (κ2) is 8.39. The summed E-state index contributed by atoms with van der Waals surface area (Å²) in [5, 5.41) is 3.47. The smallest absolute Gasteiger partial charge is 0.263 e. The van der Waals surface area contributed by atoms with Crippen molar-refractivity contribution in [2.75, 3.05) is 0 Å². The van der Waals surface area contributed by atoms with Gasteiger partial charge in [-0.2, -0.15) is 0 Å². The van der Waals surface area contributed by atoms with Gasteiger partial charge in [0.15, 0.2) is 5.16 Å². The van der Waals surface area contributed by atoms with E-state index >= 15 is 0 Å². The molecule has 5 heteroatoms. The number of hydrogen-bond donors (Lipinski definition) is 0. The predicted octanol–water partition coefficient (Wildman–Crippen LogP) is 6.22. The van der Waals surface area contributed by atoms with Gasteiger partial charge in [0.25, 0.3) is 5.56 Å². The van der Waals surface area contributed by atoms with Gasteiger partial charge in [-0.15, -0.1) is 17.9 Å². The first kappa shape index (κ1) is 19.7. The standard InChI is InChI=1S/C24H22N2OS2/c1-4-12-26-23(27)21-20(19-10-8-16(2)9-11-19)15-28-22(21)25-24(26)29-14-18-7-5-6-17(3)13-18/h4-11,13,15H,1,12,14H2,2-3H3. The number of rotatable bonds is 6. The third-order valence-corrected chi connectivity index (χ3v) is 6.70. The molecule has 2 aromatic heterocycles. The van der Waals surface area contributed by atoms with Gasteiger partial charge in [-0.3, -0.25) is 9.36 Å². The largest absolute Gasteiger partial charge is 0.283 e. The van der Waals surface area contributed by atoms with Crippen LogP contribution >= 0.6 is 23.1 Å². The van der Waals surface area contributed by atoms with E-state index in [9.17, 15) is 4.79 Å². The molecule has 0 spiro atoms. The monoisotopic (exact) mass is 418 g/mol. The van der Waals surface area contributed by atoms with E-state index in [1.54, 1.807) is 22.4 Å². The summed E-state index contributed by atoms with van der Waals surface area (Å²) in [5.41, 5.74) is 5.66. The van der Waals surface area contributed by atoms with Crippen molar-refractivity contribution in [2.45, 2.75) is 31.3 Å². The molecule has 0 fully saturated rings. The first-order valence-corrected chi connectivity index (χ1v) is 11.3. The lowest BCUT2D eigenvalue weighted by atomic mass is 10.1. The summed E-state index contributed by atoms with van der Waals surface area (Å²) in [6.07, 6.45) is 1.75. The first-order valence-electron chi connectivity index (χ1n) is 9.45. The van der Waals surface area contributed by atoms with Gasteiger partial charge >= 0.3 is 0 Å². The van der Waals surface area contributed by atoms with Gasteiger partial charge < -0.3 is 0 Å².